The summed E-state index contributed by atoms with van der Waals surface area (Å²) < 4.78 is 0. The van der Waals surface area contributed by atoms with Crippen LogP contribution in [0.25, 0.3) is 0 Å². The Bertz CT molecular complexity index is 422. The summed E-state index contributed by atoms with van der Waals surface area (Å²) in [6, 6.07) is 8.06. The van der Waals surface area contributed by atoms with Gasteiger partial charge >= 0.3 is 0 Å². The molecule has 0 unspecified atom stereocenters. The van der Waals surface area contributed by atoms with Crippen LogP contribution in [0, 0.1) is 5.41 Å². The van der Waals surface area contributed by atoms with E-state index in [1.54, 1.807) is 0 Å². The number of thioether (sulfide) groups is 1. The van der Waals surface area contributed by atoms with Gasteiger partial charge in [0.15, 0.2) is 0 Å². The standard InChI is InChI=1S/C16H26N2OS/c1-4-16(5-2,12-17)15(19)18-14-9-7-8-13(10-14)11-20-6-3/h7-10H,4-6,11-12,17H2,1-3H3,(H,18,19). The van der Waals surface area contributed by atoms with Crippen molar-refractivity contribution in [3.8, 4) is 0 Å². The summed E-state index contributed by atoms with van der Waals surface area (Å²) in [6.45, 7) is 6.57. The van der Waals surface area contributed by atoms with Gasteiger partial charge < -0.3 is 11.1 Å². The SMILES string of the molecule is CCSCc1cccc(NC(=O)C(CC)(CC)CN)c1. The second-order valence-corrected chi connectivity index (χ2v) is 6.26. The van der Waals surface area contributed by atoms with Crippen LogP contribution >= 0.6 is 11.8 Å². The molecule has 0 aliphatic heterocycles. The van der Waals surface area contributed by atoms with Crippen molar-refractivity contribution >= 4 is 23.4 Å². The minimum Gasteiger partial charge on any atom is -0.329 e. The number of hydrogen-bond donors (Lipinski definition) is 2. The zero-order valence-corrected chi connectivity index (χ0v) is 13.6. The highest BCUT2D eigenvalue weighted by molar-refractivity contribution is 7.98. The van der Waals surface area contributed by atoms with Gasteiger partial charge in [-0.25, -0.2) is 0 Å². The minimum atomic E-state index is -0.450. The lowest BCUT2D eigenvalue weighted by Gasteiger charge is -2.28. The van der Waals surface area contributed by atoms with E-state index in [0.29, 0.717) is 6.54 Å². The fourth-order valence-electron chi connectivity index (χ4n) is 2.17. The quantitative estimate of drug-likeness (QED) is 0.769. The number of nitrogens with two attached hydrogens (primary N) is 1. The van der Waals surface area contributed by atoms with Gasteiger partial charge in [0.1, 0.15) is 0 Å². The molecule has 1 amide bonds. The van der Waals surface area contributed by atoms with Crippen LogP contribution in [-0.4, -0.2) is 18.2 Å². The fraction of sp³-hybridized carbons (Fsp3) is 0.562. The van der Waals surface area contributed by atoms with Crippen molar-refractivity contribution < 1.29 is 4.79 Å². The third-order valence-corrected chi connectivity index (χ3v) is 4.83. The molecule has 1 aromatic rings. The molecule has 0 radical (unpaired) electrons. The first-order valence-corrected chi connectivity index (χ1v) is 8.45. The Morgan fingerprint density at radius 2 is 2.00 bits per heavy atom. The largest absolute Gasteiger partial charge is 0.329 e. The molecule has 0 bridgehead atoms. The lowest BCUT2D eigenvalue weighted by molar-refractivity contribution is -0.125. The second kappa shape index (κ2) is 8.32. The maximum absolute atomic E-state index is 12.5. The summed E-state index contributed by atoms with van der Waals surface area (Å²) in [6.07, 6.45) is 1.52. The number of benzene rings is 1. The van der Waals surface area contributed by atoms with Crippen molar-refractivity contribution in [1.82, 2.24) is 0 Å². The first-order valence-electron chi connectivity index (χ1n) is 7.30. The zero-order valence-electron chi connectivity index (χ0n) is 12.7. The summed E-state index contributed by atoms with van der Waals surface area (Å²) in [5.74, 6) is 2.10. The highest BCUT2D eigenvalue weighted by Crippen LogP contribution is 2.27. The smallest absolute Gasteiger partial charge is 0.231 e. The maximum atomic E-state index is 12.5. The molecule has 0 aromatic heterocycles. The number of carbonyl (C=O) groups is 1. The molecular formula is C16H26N2OS. The molecule has 1 rings (SSSR count). The van der Waals surface area contributed by atoms with Crippen molar-refractivity contribution in [2.75, 3.05) is 17.6 Å². The van der Waals surface area contributed by atoms with Crippen LogP contribution < -0.4 is 11.1 Å². The van der Waals surface area contributed by atoms with E-state index in [2.05, 4.69) is 18.3 Å². The van der Waals surface area contributed by atoms with E-state index in [1.807, 2.05) is 43.8 Å². The molecule has 4 heteroatoms. The lowest BCUT2D eigenvalue weighted by atomic mass is 9.81. The van der Waals surface area contributed by atoms with E-state index >= 15 is 0 Å². The molecule has 0 aliphatic rings. The molecule has 3 nitrogen and oxygen atoms in total. The summed E-state index contributed by atoms with van der Waals surface area (Å²) in [5.41, 5.74) is 7.47. The van der Waals surface area contributed by atoms with Gasteiger partial charge in [-0.05, 0) is 36.3 Å². The predicted octanol–water partition coefficient (Wildman–Crippen LogP) is 3.64. The van der Waals surface area contributed by atoms with Gasteiger partial charge in [-0.1, -0.05) is 32.9 Å². The van der Waals surface area contributed by atoms with E-state index in [4.69, 9.17) is 5.73 Å². The topological polar surface area (TPSA) is 55.1 Å². The van der Waals surface area contributed by atoms with Crippen LogP contribution in [0.1, 0.15) is 39.2 Å². The Morgan fingerprint density at radius 3 is 2.55 bits per heavy atom. The second-order valence-electron chi connectivity index (χ2n) is 4.98. The van der Waals surface area contributed by atoms with Gasteiger partial charge in [-0.15, -0.1) is 0 Å². The Balaban J connectivity index is 2.79. The molecule has 0 saturated heterocycles. The predicted molar refractivity (Wildman–Crippen MR) is 89.0 cm³/mol. The summed E-state index contributed by atoms with van der Waals surface area (Å²) in [7, 11) is 0. The van der Waals surface area contributed by atoms with Crippen molar-refractivity contribution in [2.24, 2.45) is 11.1 Å². The highest BCUT2D eigenvalue weighted by Gasteiger charge is 2.33. The zero-order chi connectivity index (χ0) is 15.0. The molecule has 0 spiro atoms. The van der Waals surface area contributed by atoms with Gasteiger partial charge in [0.25, 0.3) is 0 Å². The van der Waals surface area contributed by atoms with E-state index in [-0.39, 0.29) is 5.91 Å². The van der Waals surface area contributed by atoms with Crippen LogP contribution in [0.3, 0.4) is 0 Å². The number of rotatable bonds is 8. The molecular weight excluding hydrogens is 268 g/mol. The number of hydrogen-bond acceptors (Lipinski definition) is 3. The highest BCUT2D eigenvalue weighted by atomic mass is 32.2. The maximum Gasteiger partial charge on any atom is 0.231 e. The molecule has 3 N–H and O–H groups in total. The first-order chi connectivity index (χ1) is 9.61. The molecule has 1 aromatic carbocycles. The van der Waals surface area contributed by atoms with Crippen molar-refractivity contribution in [3.63, 3.8) is 0 Å². The Hall–Kier alpha value is -1.00. The van der Waals surface area contributed by atoms with E-state index in [0.717, 1.165) is 30.0 Å². The lowest BCUT2D eigenvalue weighted by Crippen LogP contribution is -2.41. The Morgan fingerprint density at radius 1 is 1.30 bits per heavy atom. The average Bonchev–Trinajstić information content (AvgIpc) is 2.48. The van der Waals surface area contributed by atoms with Crippen LogP contribution in [0.2, 0.25) is 0 Å². The van der Waals surface area contributed by atoms with E-state index in [9.17, 15) is 4.79 Å². The molecule has 0 atom stereocenters. The van der Waals surface area contributed by atoms with E-state index < -0.39 is 5.41 Å². The molecule has 20 heavy (non-hydrogen) atoms. The number of nitrogens with one attached hydrogen (secondary N) is 1. The van der Waals surface area contributed by atoms with Crippen molar-refractivity contribution in [2.45, 2.75) is 39.4 Å². The van der Waals surface area contributed by atoms with Crippen LogP contribution in [-0.2, 0) is 10.5 Å². The number of carbonyl (C=O) groups excluding carboxylic acids is 1. The summed E-state index contributed by atoms with van der Waals surface area (Å²) in [4.78, 5) is 12.5. The van der Waals surface area contributed by atoms with Gasteiger partial charge in [-0.2, -0.15) is 11.8 Å². The molecule has 0 saturated carbocycles. The molecule has 112 valence electrons. The molecule has 0 fully saturated rings. The summed E-state index contributed by atoms with van der Waals surface area (Å²) >= 11 is 1.88. The summed E-state index contributed by atoms with van der Waals surface area (Å²) in [5, 5.41) is 3.02. The third-order valence-electron chi connectivity index (χ3n) is 3.88. The fourth-order valence-corrected chi connectivity index (χ4v) is 2.79. The van der Waals surface area contributed by atoms with Gasteiger partial charge in [0.2, 0.25) is 5.91 Å². The van der Waals surface area contributed by atoms with Gasteiger partial charge in [0.05, 0.1) is 5.41 Å². The van der Waals surface area contributed by atoms with Gasteiger partial charge in [-0.3, -0.25) is 4.79 Å². The Labute approximate surface area is 126 Å². The Kier molecular flexibility index (Phi) is 7.10. The van der Waals surface area contributed by atoms with Crippen LogP contribution in [0.5, 0.6) is 0 Å². The van der Waals surface area contributed by atoms with Crippen molar-refractivity contribution in [3.05, 3.63) is 29.8 Å². The third kappa shape index (κ3) is 4.25. The van der Waals surface area contributed by atoms with Crippen molar-refractivity contribution in [1.29, 1.82) is 0 Å². The normalized spacial score (nSPS) is 11.4. The number of anilines is 1. The monoisotopic (exact) mass is 294 g/mol. The van der Waals surface area contributed by atoms with E-state index in [1.165, 1.54) is 5.56 Å². The molecule has 0 heterocycles. The average molecular weight is 294 g/mol. The van der Waals surface area contributed by atoms with Gasteiger partial charge in [0, 0.05) is 18.0 Å². The van der Waals surface area contributed by atoms with Crippen LogP contribution in [0.15, 0.2) is 24.3 Å². The number of amides is 1. The minimum absolute atomic E-state index is 0.0327. The van der Waals surface area contributed by atoms with Crippen LogP contribution in [0.4, 0.5) is 5.69 Å². The molecule has 0 aliphatic carbocycles. The first kappa shape index (κ1) is 17.1.